The van der Waals surface area contributed by atoms with E-state index < -0.39 is 5.60 Å². The van der Waals surface area contributed by atoms with Crippen molar-refractivity contribution in [2.75, 3.05) is 20.3 Å². The zero-order valence-corrected chi connectivity index (χ0v) is 11.2. The molecule has 0 saturated carbocycles. The molecule has 1 aromatic rings. The monoisotopic (exact) mass is 253 g/mol. The van der Waals surface area contributed by atoms with Gasteiger partial charge in [-0.15, -0.1) is 0 Å². The van der Waals surface area contributed by atoms with Crippen molar-refractivity contribution in [1.29, 1.82) is 0 Å². The van der Waals surface area contributed by atoms with Gasteiger partial charge in [-0.05, 0) is 38.3 Å². The fraction of sp³-hybridized carbons (Fsp3) is 0.571. The molecule has 102 valence electrons. The van der Waals surface area contributed by atoms with Gasteiger partial charge in [0.2, 0.25) is 0 Å². The molecular formula is C14H23NO3. The van der Waals surface area contributed by atoms with Gasteiger partial charge in [0, 0.05) is 12.6 Å². The average molecular weight is 253 g/mol. The van der Waals surface area contributed by atoms with Gasteiger partial charge < -0.3 is 20.3 Å². The lowest BCUT2D eigenvalue weighted by Gasteiger charge is -2.20. The molecular weight excluding hydrogens is 230 g/mol. The van der Waals surface area contributed by atoms with Gasteiger partial charge in [0.15, 0.2) is 0 Å². The first-order valence-corrected chi connectivity index (χ1v) is 6.27. The molecule has 4 heteroatoms. The quantitative estimate of drug-likeness (QED) is 0.695. The summed E-state index contributed by atoms with van der Waals surface area (Å²) in [6.07, 6.45) is 2.49. The molecule has 1 unspecified atom stereocenters. The smallest absolute Gasteiger partial charge is 0.122 e. The second-order valence-corrected chi connectivity index (χ2v) is 4.69. The molecule has 0 aliphatic carbocycles. The Kier molecular flexibility index (Phi) is 5.95. The molecule has 18 heavy (non-hydrogen) atoms. The van der Waals surface area contributed by atoms with Crippen LogP contribution in [-0.4, -0.2) is 31.0 Å². The minimum atomic E-state index is -0.754. The van der Waals surface area contributed by atoms with Gasteiger partial charge in [-0.3, -0.25) is 0 Å². The lowest BCUT2D eigenvalue weighted by Crippen LogP contribution is -2.33. The minimum Gasteiger partial charge on any atom is -0.497 e. The van der Waals surface area contributed by atoms with Gasteiger partial charge in [0.25, 0.3) is 0 Å². The van der Waals surface area contributed by atoms with Crippen LogP contribution in [0.25, 0.3) is 0 Å². The molecule has 0 bridgehead atoms. The van der Waals surface area contributed by atoms with Crippen molar-refractivity contribution in [3.8, 4) is 11.5 Å². The standard InChI is InChI=1S/C14H23NO3/c1-14(16,11-15)8-3-4-9-18-13-7-5-6-12(10-13)17-2/h5-7,10,16H,3-4,8-9,11,15H2,1-2H3. The molecule has 0 saturated heterocycles. The molecule has 0 aliphatic heterocycles. The molecule has 0 aromatic heterocycles. The van der Waals surface area contributed by atoms with Crippen LogP contribution in [0.1, 0.15) is 26.2 Å². The summed E-state index contributed by atoms with van der Waals surface area (Å²) in [7, 11) is 1.63. The number of hydrogen-bond donors (Lipinski definition) is 2. The van der Waals surface area contributed by atoms with Gasteiger partial charge in [0.1, 0.15) is 11.5 Å². The zero-order valence-electron chi connectivity index (χ0n) is 11.2. The first kappa shape index (κ1) is 14.8. The molecule has 0 amide bonds. The number of hydrogen-bond acceptors (Lipinski definition) is 4. The molecule has 0 heterocycles. The van der Waals surface area contributed by atoms with E-state index in [9.17, 15) is 5.11 Å². The van der Waals surface area contributed by atoms with E-state index in [-0.39, 0.29) is 0 Å². The highest BCUT2D eigenvalue weighted by atomic mass is 16.5. The fourth-order valence-corrected chi connectivity index (χ4v) is 1.59. The Balaban J connectivity index is 2.21. The summed E-state index contributed by atoms with van der Waals surface area (Å²) in [5.74, 6) is 1.60. The first-order chi connectivity index (χ1) is 8.57. The van der Waals surface area contributed by atoms with Crippen LogP contribution in [0.4, 0.5) is 0 Å². The van der Waals surface area contributed by atoms with E-state index in [1.807, 2.05) is 24.3 Å². The molecule has 1 aromatic carbocycles. The van der Waals surface area contributed by atoms with E-state index in [1.54, 1.807) is 14.0 Å². The highest BCUT2D eigenvalue weighted by molar-refractivity contribution is 5.32. The van der Waals surface area contributed by atoms with Gasteiger partial charge in [-0.25, -0.2) is 0 Å². The third-order valence-corrected chi connectivity index (χ3v) is 2.86. The fourth-order valence-electron chi connectivity index (χ4n) is 1.59. The van der Waals surface area contributed by atoms with Crippen molar-refractivity contribution < 1.29 is 14.6 Å². The van der Waals surface area contributed by atoms with E-state index in [1.165, 1.54) is 0 Å². The number of ether oxygens (including phenoxy) is 2. The van der Waals surface area contributed by atoms with Gasteiger partial charge in [-0.1, -0.05) is 6.07 Å². The highest BCUT2D eigenvalue weighted by Gasteiger charge is 2.16. The van der Waals surface area contributed by atoms with Gasteiger partial charge >= 0.3 is 0 Å². The highest BCUT2D eigenvalue weighted by Crippen LogP contribution is 2.19. The number of methoxy groups -OCH3 is 1. The summed E-state index contributed by atoms with van der Waals surface area (Å²) in [6.45, 7) is 2.69. The van der Waals surface area contributed by atoms with Gasteiger partial charge in [-0.2, -0.15) is 0 Å². The van der Waals surface area contributed by atoms with E-state index in [4.69, 9.17) is 15.2 Å². The molecule has 4 nitrogen and oxygen atoms in total. The number of nitrogens with two attached hydrogens (primary N) is 1. The SMILES string of the molecule is COc1cccc(OCCCCC(C)(O)CN)c1. The average Bonchev–Trinajstić information content (AvgIpc) is 2.38. The normalized spacial score (nSPS) is 14.0. The summed E-state index contributed by atoms with van der Waals surface area (Å²) in [4.78, 5) is 0. The summed E-state index contributed by atoms with van der Waals surface area (Å²) >= 11 is 0. The first-order valence-electron chi connectivity index (χ1n) is 6.27. The van der Waals surface area contributed by atoms with Crippen LogP contribution in [0.3, 0.4) is 0 Å². The Morgan fingerprint density at radius 3 is 2.67 bits per heavy atom. The second kappa shape index (κ2) is 7.24. The van der Waals surface area contributed by atoms with Crippen LogP contribution in [0.15, 0.2) is 24.3 Å². The predicted octanol–water partition coefficient (Wildman–Crippen LogP) is 1.95. The van der Waals surface area contributed by atoms with E-state index in [2.05, 4.69) is 0 Å². The largest absolute Gasteiger partial charge is 0.497 e. The Morgan fingerprint density at radius 1 is 1.28 bits per heavy atom. The van der Waals surface area contributed by atoms with Crippen LogP contribution in [0.5, 0.6) is 11.5 Å². The Labute approximate surface area is 109 Å². The van der Waals surface area contributed by atoms with Crippen molar-refractivity contribution in [2.24, 2.45) is 5.73 Å². The maximum atomic E-state index is 9.73. The van der Waals surface area contributed by atoms with E-state index in [0.717, 1.165) is 24.3 Å². The maximum Gasteiger partial charge on any atom is 0.122 e. The van der Waals surface area contributed by atoms with Crippen LogP contribution in [0.2, 0.25) is 0 Å². The minimum absolute atomic E-state index is 0.295. The summed E-state index contributed by atoms with van der Waals surface area (Å²) < 4.78 is 10.7. The Hall–Kier alpha value is -1.26. The van der Waals surface area contributed by atoms with Crippen molar-refractivity contribution >= 4 is 0 Å². The summed E-state index contributed by atoms with van der Waals surface area (Å²) in [5, 5.41) is 9.73. The molecule has 3 N–H and O–H groups in total. The zero-order chi connectivity index (χ0) is 13.4. The van der Waals surface area contributed by atoms with Crippen LogP contribution >= 0.6 is 0 Å². The summed E-state index contributed by atoms with van der Waals surface area (Å²) in [6, 6.07) is 7.54. The number of benzene rings is 1. The Morgan fingerprint density at radius 2 is 2.00 bits per heavy atom. The topological polar surface area (TPSA) is 64.7 Å². The van der Waals surface area contributed by atoms with Crippen molar-refractivity contribution in [1.82, 2.24) is 0 Å². The van der Waals surface area contributed by atoms with Crippen molar-refractivity contribution in [3.63, 3.8) is 0 Å². The third kappa shape index (κ3) is 5.38. The molecule has 0 fully saturated rings. The number of unbranched alkanes of at least 4 members (excludes halogenated alkanes) is 1. The Bertz CT molecular complexity index is 353. The maximum absolute atomic E-state index is 9.73. The van der Waals surface area contributed by atoms with Crippen LogP contribution < -0.4 is 15.2 Å². The van der Waals surface area contributed by atoms with Crippen molar-refractivity contribution in [3.05, 3.63) is 24.3 Å². The molecule has 0 aliphatic rings. The van der Waals surface area contributed by atoms with E-state index >= 15 is 0 Å². The molecule has 1 rings (SSSR count). The molecule has 0 spiro atoms. The van der Waals surface area contributed by atoms with Crippen LogP contribution in [0, 0.1) is 0 Å². The number of rotatable bonds is 8. The lowest BCUT2D eigenvalue weighted by atomic mass is 10.00. The predicted molar refractivity (Wildman–Crippen MR) is 72.0 cm³/mol. The second-order valence-electron chi connectivity index (χ2n) is 4.69. The third-order valence-electron chi connectivity index (χ3n) is 2.86. The van der Waals surface area contributed by atoms with Crippen molar-refractivity contribution in [2.45, 2.75) is 31.8 Å². The number of aliphatic hydroxyl groups is 1. The summed E-state index contributed by atoms with van der Waals surface area (Å²) in [5.41, 5.74) is 4.69. The van der Waals surface area contributed by atoms with Gasteiger partial charge in [0.05, 0.1) is 19.3 Å². The van der Waals surface area contributed by atoms with Crippen LogP contribution in [-0.2, 0) is 0 Å². The molecule has 0 radical (unpaired) electrons. The molecule has 1 atom stereocenters. The van der Waals surface area contributed by atoms with E-state index in [0.29, 0.717) is 19.6 Å². The lowest BCUT2D eigenvalue weighted by molar-refractivity contribution is 0.0562.